The predicted octanol–water partition coefficient (Wildman–Crippen LogP) is 5.01. The number of piperazine rings is 1. The fraction of sp³-hybridized carbons (Fsp3) is 0.483. The highest BCUT2D eigenvalue weighted by Gasteiger charge is 2.48. The largest absolute Gasteiger partial charge is 0.446 e. The lowest BCUT2D eigenvalue weighted by Crippen LogP contribution is -2.50. The number of nitrogens with one attached hydrogen (secondary N) is 2. The van der Waals surface area contributed by atoms with Gasteiger partial charge in [-0.15, -0.1) is 0 Å². The van der Waals surface area contributed by atoms with Crippen molar-refractivity contribution < 1.29 is 40.7 Å². The average molecular weight is 628 g/mol. The number of likely N-dealkylation sites (N-methyl/N-ethyl adjacent to an activating group) is 1. The van der Waals surface area contributed by atoms with Gasteiger partial charge >= 0.3 is 6.09 Å². The number of alkyl halides is 4. The van der Waals surface area contributed by atoms with Crippen molar-refractivity contribution in [3.8, 4) is 0 Å². The van der Waals surface area contributed by atoms with Gasteiger partial charge in [-0.2, -0.15) is 0 Å². The molecule has 238 valence electrons. The van der Waals surface area contributed by atoms with Crippen LogP contribution in [0.1, 0.15) is 54.2 Å². The van der Waals surface area contributed by atoms with Gasteiger partial charge in [0.2, 0.25) is 5.56 Å². The van der Waals surface area contributed by atoms with E-state index < -0.39 is 83.0 Å². The molecule has 0 radical (unpaired) electrons. The smallest absolute Gasteiger partial charge is 0.410 e. The van der Waals surface area contributed by atoms with E-state index in [2.05, 4.69) is 15.2 Å². The van der Waals surface area contributed by atoms with Crippen LogP contribution in [-0.2, 0) is 4.74 Å². The van der Waals surface area contributed by atoms with Crippen molar-refractivity contribution in [2.45, 2.75) is 50.7 Å². The molecular formula is C29H31F6N5O4. The van der Waals surface area contributed by atoms with Crippen LogP contribution in [0.25, 0.3) is 5.57 Å². The van der Waals surface area contributed by atoms with Gasteiger partial charge < -0.3 is 29.7 Å². The van der Waals surface area contributed by atoms with Crippen LogP contribution < -0.4 is 15.8 Å². The van der Waals surface area contributed by atoms with Gasteiger partial charge in [0.15, 0.2) is 5.82 Å². The van der Waals surface area contributed by atoms with Gasteiger partial charge in [0, 0.05) is 69.3 Å². The van der Waals surface area contributed by atoms with E-state index in [9.17, 15) is 31.9 Å². The van der Waals surface area contributed by atoms with Crippen LogP contribution in [0.3, 0.4) is 0 Å². The Hall–Kier alpha value is -4.01. The predicted molar refractivity (Wildman–Crippen MR) is 149 cm³/mol. The quantitative estimate of drug-likeness (QED) is 0.438. The van der Waals surface area contributed by atoms with Crippen LogP contribution in [0.2, 0.25) is 0 Å². The first-order valence-corrected chi connectivity index (χ1v) is 14.1. The van der Waals surface area contributed by atoms with Crippen molar-refractivity contribution in [3.63, 3.8) is 0 Å². The summed E-state index contributed by atoms with van der Waals surface area (Å²) >= 11 is 0. The number of pyridine rings is 1. The molecule has 2 N–H and O–H groups in total. The van der Waals surface area contributed by atoms with Gasteiger partial charge in [0.05, 0.1) is 11.3 Å². The topological polar surface area (TPSA) is 98.0 Å². The lowest BCUT2D eigenvalue weighted by atomic mass is 9.91. The fourth-order valence-corrected chi connectivity index (χ4v) is 5.50. The molecule has 1 saturated carbocycles. The third-order valence-electron chi connectivity index (χ3n) is 8.21. The molecule has 2 amide bonds. The van der Waals surface area contributed by atoms with Crippen LogP contribution in [0.5, 0.6) is 0 Å². The van der Waals surface area contributed by atoms with Crippen LogP contribution in [-0.4, -0.2) is 84.6 Å². The first-order chi connectivity index (χ1) is 20.7. The van der Waals surface area contributed by atoms with Gasteiger partial charge in [-0.25, -0.2) is 31.1 Å². The van der Waals surface area contributed by atoms with E-state index in [1.54, 1.807) is 4.90 Å². The van der Waals surface area contributed by atoms with Crippen molar-refractivity contribution in [2.24, 2.45) is 0 Å². The molecule has 3 aliphatic rings. The second-order valence-electron chi connectivity index (χ2n) is 11.4. The van der Waals surface area contributed by atoms with E-state index in [1.165, 1.54) is 11.0 Å². The van der Waals surface area contributed by atoms with Crippen molar-refractivity contribution in [1.29, 1.82) is 0 Å². The van der Waals surface area contributed by atoms with Gasteiger partial charge in [0.25, 0.3) is 18.3 Å². The molecule has 5 rings (SSSR count). The zero-order chi connectivity index (χ0) is 31.9. The minimum absolute atomic E-state index is 0.00451. The molecule has 0 spiro atoms. The molecule has 0 bridgehead atoms. The molecule has 9 nitrogen and oxygen atoms in total. The molecule has 1 aromatic heterocycles. The second kappa shape index (κ2) is 12.2. The zero-order valence-electron chi connectivity index (χ0n) is 23.9. The Kier molecular flexibility index (Phi) is 8.69. The first kappa shape index (κ1) is 31.4. The third-order valence-corrected chi connectivity index (χ3v) is 8.21. The molecule has 1 aromatic carbocycles. The Bertz CT molecular complexity index is 1540. The van der Waals surface area contributed by atoms with E-state index in [0.29, 0.717) is 25.7 Å². The maximum absolute atomic E-state index is 16.3. The van der Waals surface area contributed by atoms with Crippen molar-refractivity contribution in [1.82, 2.24) is 14.8 Å². The Morgan fingerprint density at radius 1 is 1.11 bits per heavy atom. The second-order valence-corrected chi connectivity index (χ2v) is 11.4. The maximum atomic E-state index is 16.3. The lowest BCUT2D eigenvalue weighted by molar-refractivity contribution is -0.147. The fourth-order valence-electron chi connectivity index (χ4n) is 5.50. The summed E-state index contributed by atoms with van der Waals surface area (Å²) < 4.78 is 89.8. The number of amides is 2. The molecule has 0 unspecified atom stereocenters. The number of carbonyl (C=O) groups excluding carboxylic acids is 2. The molecule has 15 heteroatoms. The molecule has 2 fully saturated rings. The van der Waals surface area contributed by atoms with Crippen molar-refractivity contribution >= 4 is 28.9 Å². The number of H-pyrrole nitrogens is 1. The van der Waals surface area contributed by atoms with Crippen LogP contribution in [0, 0.1) is 11.6 Å². The monoisotopic (exact) mass is 627 g/mol. The molecule has 1 saturated heterocycles. The Morgan fingerprint density at radius 2 is 1.84 bits per heavy atom. The van der Waals surface area contributed by atoms with Gasteiger partial charge in [-0.3, -0.25) is 9.59 Å². The molecule has 2 aromatic rings. The normalized spacial score (nSPS) is 20.8. The number of carbonyl (C=O) groups is 2. The summed E-state index contributed by atoms with van der Waals surface area (Å²) in [4.78, 5) is 44.6. The van der Waals surface area contributed by atoms with Gasteiger partial charge in [-0.1, -0.05) is 6.08 Å². The highest BCUT2D eigenvalue weighted by atomic mass is 19.3. The van der Waals surface area contributed by atoms with E-state index in [0.717, 1.165) is 12.1 Å². The number of hydrogen-bond donors (Lipinski definition) is 2. The Balaban J connectivity index is 1.45. The molecule has 3 heterocycles. The number of halogens is 6. The number of benzene rings is 1. The minimum Gasteiger partial charge on any atom is -0.446 e. The summed E-state index contributed by atoms with van der Waals surface area (Å²) in [5.41, 5.74) is -2.82. The average Bonchev–Trinajstić information content (AvgIpc) is 2.94. The molecular weight excluding hydrogens is 596 g/mol. The number of aromatic nitrogens is 1. The molecule has 1 atom stereocenters. The summed E-state index contributed by atoms with van der Waals surface area (Å²) in [6.45, 7) is 3.10. The summed E-state index contributed by atoms with van der Waals surface area (Å²) in [6.07, 6.45) is -4.46. The van der Waals surface area contributed by atoms with Gasteiger partial charge in [-0.05, 0) is 32.0 Å². The van der Waals surface area contributed by atoms with E-state index >= 15 is 8.78 Å². The maximum Gasteiger partial charge on any atom is 0.410 e. The Morgan fingerprint density at radius 3 is 2.45 bits per heavy atom. The molecule has 1 aliphatic carbocycles. The zero-order valence-corrected chi connectivity index (χ0v) is 23.9. The van der Waals surface area contributed by atoms with E-state index in [1.807, 2.05) is 14.0 Å². The first-order valence-electron chi connectivity index (χ1n) is 14.1. The number of anilines is 2. The third kappa shape index (κ3) is 6.56. The summed E-state index contributed by atoms with van der Waals surface area (Å²) in [5.74, 6) is -5.99. The number of hydrogen-bond acceptors (Lipinski definition) is 6. The molecule has 2 aliphatic heterocycles. The van der Waals surface area contributed by atoms with Gasteiger partial charge in [0.1, 0.15) is 23.3 Å². The Labute approximate surface area is 248 Å². The summed E-state index contributed by atoms with van der Waals surface area (Å²) in [7, 11) is 1.90. The van der Waals surface area contributed by atoms with Crippen molar-refractivity contribution in [3.05, 3.63) is 63.1 Å². The van der Waals surface area contributed by atoms with E-state index in [-0.39, 0.29) is 36.8 Å². The number of ether oxygens (including phenoxy) is 1. The standard InChI is InChI=1S/C29H31F6N5O4/c1-15-14-40(8-7-38(15)2)21-11-19(30)23(16-3-5-39(6-4-16)28(43)44-18-12-29(34,35)13-18)24(31)25(21)37-27(42)20-9-17(26(32)33)10-22(41)36-20/h3,9-11,15,18,26H,4-8,12-14H2,1-2H3,(H,36,41)(H,37,42)/t15-/m0/s1. The SMILES string of the molecule is C[C@H]1CN(c2cc(F)c(C3=CCN(C(=O)OC4CC(F)(F)C4)CC3)c(F)c2NC(=O)c2cc(C(F)F)cc(=O)[nH]2)CCN1C. The molecule has 44 heavy (non-hydrogen) atoms. The summed E-state index contributed by atoms with van der Waals surface area (Å²) in [6, 6.07) is 2.51. The highest BCUT2D eigenvalue weighted by molar-refractivity contribution is 6.05. The summed E-state index contributed by atoms with van der Waals surface area (Å²) in [5, 5.41) is 2.36. The minimum atomic E-state index is -3.04. The van der Waals surface area contributed by atoms with Crippen LogP contribution in [0.4, 0.5) is 42.5 Å². The number of aromatic amines is 1. The lowest BCUT2D eigenvalue weighted by Gasteiger charge is -2.40. The van der Waals surface area contributed by atoms with Crippen LogP contribution in [0.15, 0.2) is 29.1 Å². The highest BCUT2D eigenvalue weighted by Crippen LogP contribution is 2.41. The number of nitrogens with zero attached hydrogens (tertiary/aromatic N) is 3. The number of rotatable bonds is 6. The van der Waals surface area contributed by atoms with Crippen LogP contribution >= 0.6 is 0 Å². The van der Waals surface area contributed by atoms with Crippen molar-refractivity contribution in [2.75, 3.05) is 50.0 Å². The van der Waals surface area contributed by atoms with E-state index in [4.69, 9.17) is 4.74 Å².